The maximum absolute atomic E-state index is 11.3. The molecular formula is C20H14Br2N2O4. The van der Waals surface area contributed by atoms with Crippen LogP contribution < -0.4 is 0 Å². The summed E-state index contributed by atoms with van der Waals surface area (Å²) >= 11 is 6.45. The minimum Gasteiger partial charge on any atom is -0.506 e. The molecule has 0 bridgehead atoms. The second kappa shape index (κ2) is 8.53. The third-order valence-electron chi connectivity index (χ3n) is 3.98. The zero-order chi connectivity index (χ0) is 20.3. The van der Waals surface area contributed by atoms with Crippen LogP contribution in [-0.2, 0) is 6.42 Å². The van der Waals surface area contributed by atoms with Gasteiger partial charge in [-0.25, -0.2) is 0 Å². The molecule has 0 heterocycles. The van der Waals surface area contributed by atoms with Gasteiger partial charge in [-0.05, 0) is 67.6 Å². The van der Waals surface area contributed by atoms with Crippen molar-refractivity contribution in [1.82, 2.24) is 0 Å². The molecule has 142 valence electrons. The van der Waals surface area contributed by atoms with Gasteiger partial charge in [-0.1, -0.05) is 30.3 Å². The lowest BCUT2D eigenvalue weighted by molar-refractivity contribution is -0.385. The first-order valence-corrected chi connectivity index (χ1v) is 9.70. The second-order valence-corrected chi connectivity index (χ2v) is 7.70. The molecule has 0 radical (unpaired) electrons. The number of aliphatic imine (C=N–C) groups is 1. The summed E-state index contributed by atoms with van der Waals surface area (Å²) in [4.78, 5) is 15.0. The molecule has 0 aromatic heterocycles. The van der Waals surface area contributed by atoms with E-state index in [1.54, 1.807) is 18.2 Å². The fourth-order valence-corrected chi connectivity index (χ4v) is 3.81. The number of phenols is 2. The minimum absolute atomic E-state index is 0.0438. The Morgan fingerprint density at radius 2 is 1.61 bits per heavy atom. The van der Waals surface area contributed by atoms with Crippen molar-refractivity contribution in [2.75, 3.05) is 0 Å². The zero-order valence-electron chi connectivity index (χ0n) is 14.3. The molecule has 3 aromatic rings. The van der Waals surface area contributed by atoms with Gasteiger partial charge in [0.2, 0.25) is 5.75 Å². The Hall–Kier alpha value is -2.71. The van der Waals surface area contributed by atoms with E-state index >= 15 is 0 Å². The van der Waals surface area contributed by atoms with E-state index in [9.17, 15) is 20.3 Å². The van der Waals surface area contributed by atoms with Gasteiger partial charge in [0.1, 0.15) is 5.75 Å². The van der Waals surface area contributed by atoms with Gasteiger partial charge in [0.05, 0.1) is 19.6 Å². The molecule has 8 heteroatoms. The number of nitro benzene ring substituents is 1. The first-order chi connectivity index (χ1) is 13.3. The fraction of sp³-hybridized carbons (Fsp3) is 0.0500. The van der Waals surface area contributed by atoms with Gasteiger partial charge in [-0.2, -0.15) is 0 Å². The number of hydrogen-bond donors (Lipinski definition) is 2. The third kappa shape index (κ3) is 4.58. The Balaban J connectivity index is 2.00. The Morgan fingerprint density at radius 1 is 0.964 bits per heavy atom. The van der Waals surface area contributed by atoms with Gasteiger partial charge >= 0.3 is 5.69 Å². The fourth-order valence-electron chi connectivity index (χ4n) is 2.64. The summed E-state index contributed by atoms with van der Waals surface area (Å²) in [6, 6.07) is 15.8. The number of rotatable bonds is 5. The molecule has 0 fully saturated rings. The number of phenolic OH excluding ortho intramolecular Hbond substituents is 2. The highest BCUT2D eigenvalue weighted by Gasteiger charge is 2.18. The van der Waals surface area contributed by atoms with Crippen LogP contribution in [0.25, 0.3) is 0 Å². The second-order valence-electron chi connectivity index (χ2n) is 5.99. The number of benzene rings is 3. The average molecular weight is 506 g/mol. The lowest BCUT2D eigenvalue weighted by atomic mass is 10.0. The molecular weight excluding hydrogens is 492 g/mol. The van der Waals surface area contributed by atoms with E-state index in [0.29, 0.717) is 26.6 Å². The Bertz CT molecular complexity index is 1050. The molecule has 0 spiro atoms. The van der Waals surface area contributed by atoms with Crippen molar-refractivity contribution in [2.24, 2.45) is 4.99 Å². The maximum Gasteiger partial charge on any atom is 0.311 e. The van der Waals surface area contributed by atoms with E-state index in [1.165, 1.54) is 12.3 Å². The van der Waals surface area contributed by atoms with Crippen LogP contribution in [0, 0.1) is 10.1 Å². The molecule has 0 unspecified atom stereocenters. The number of hydrogen-bond acceptors (Lipinski definition) is 5. The van der Waals surface area contributed by atoms with Gasteiger partial charge in [0, 0.05) is 17.8 Å². The lowest BCUT2D eigenvalue weighted by Gasteiger charge is -2.07. The number of nitro groups is 1. The topological polar surface area (TPSA) is 96.0 Å². The van der Waals surface area contributed by atoms with Crippen molar-refractivity contribution in [3.63, 3.8) is 0 Å². The van der Waals surface area contributed by atoms with Crippen LogP contribution in [0.2, 0.25) is 0 Å². The molecule has 0 aliphatic carbocycles. The van der Waals surface area contributed by atoms with E-state index in [1.807, 2.05) is 30.3 Å². The molecule has 0 atom stereocenters. The minimum atomic E-state index is -0.616. The van der Waals surface area contributed by atoms with Crippen molar-refractivity contribution in [2.45, 2.75) is 6.42 Å². The van der Waals surface area contributed by atoms with E-state index < -0.39 is 10.7 Å². The average Bonchev–Trinajstić information content (AvgIpc) is 2.66. The predicted octanol–water partition coefficient (Wildman–Crippen LogP) is 5.87. The van der Waals surface area contributed by atoms with Gasteiger partial charge in [-0.3, -0.25) is 15.1 Å². The van der Waals surface area contributed by atoms with Gasteiger partial charge < -0.3 is 10.2 Å². The summed E-state index contributed by atoms with van der Waals surface area (Å²) < 4.78 is 0.893. The molecule has 2 N–H and O–H groups in total. The summed E-state index contributed by atoms with van der Waals surface area (Å²) in [5, 5.41) is 31.4. The molecule has 3 aromatic carbocycles. The number of nitrogens with zero attached hydrogens (tertiary/aromatic N) is 2. The summed E-state index contributed by atoms with van der Waals surface area (Å²) in [7, 11) is 0. The molecule has 0 amide bonds. The van der Waals surface area contributed by atoms with Crippen molar-refractivity contribution < 1.29 is 15.1 Å². The van der Waals surface area contributed by atoms with Gasteiger partial charge in [0.25, 0.3) is 0 Å². The Morgan fingerprint density at radius 3 is 2.21 bits per heavy atom. The van der Waals surface area contributed by atoms with Crippen molar-refractivity contribution in [3.8, 4) is 11.5 Å². The number of aromatic hydroxyl groups is 2. The van der Waals surface area contributed by atoms with Gasteiger partial charge in [0.15, 0.2) is 0 Å². The highest BCUT2D eigenvalue weighted by molar-refractivity contribution is 9.11. The Kier molecular flexibility index (Phi) is 6.11. The zero-order valence-corrected chi connectivity index (χ0v) is 17.5. The largest absolute Gasteiger partial charge is 0.506 e. The van der Waals surface area contributed by atoms with Crippen LogP contribution in [0.15, 0.2) is 68.5 Å². The molecule has 0 aliphatic rings. The molecule has 6 nitrogen and oxygen atoms in total. The van der Waals surface area contributed by atoms with Crippen molar-refractivity contribution in [3.05, 3.63) is 90.3 Å². The standard InChI is InChI=1S/C20H14Br2N2O4/c21-16-9-15(10-17(22)20(16)26)23-11-14-7-13(6-12-4-2-1-3-5-12)8-18(19(14)25)24(27)28/h1-5,7-11,25-26H,6H2. The first-order valence-electron chi connectivity index (χ1n) is 8.11. The quantitative estimate of drug-likeness (QED) is 0.257. The highest BCUT2D eigenvalue weighted by Crippen LogP contribution is 2.37. The highest BCUT2D eigenvalue weighted by atomic mass is 79.9. The van der Waals surface area contributed by atoms with E-state index in [0.717, 1.165) is 5.56 Å². The SMILES string of the molecule is O=[N+]([O-])c1cc(Cc2ccccc2)cc(C=Nc2cc(Br)c(O)c(Br)c2)c1O. The smallest absolute Gasteiger partial charge is 0.311 e. The van der Waals surface area contributed by atoms with Crippen LogP contribution in [-0.4, -0.2) is 21.4 Å². The van der Waals surface area contributed by atoms with Crippen LogP contribution in [0.4, 0.5) is 11.4 Å². The summed E-state index contributed by atoms with van der Waals surface area (Å²) in [6.07, 6.45) is 1.85. The van der Waals surface area contributed by atoms with Crippen LogP contribution in [0.5, 0.6) is 11.5 Å². The summed E-state index contributed by atoms with van der Waals surface area (Å²) in [6.45, 7) is 0. The molecule has 0 saturated carbocycles. The Labute approximate surface area is 177 Å². The number of halogens is 2. The normalized spacial score (nSPS) is 11.1. The molecule has 3 rings (SSSR count). The summed E-state index contributed by atoms with van der Waals surface area (Å²) in [5.41, 5.74) is 2.04. The molecule has 28 heavy (non-hydrogen) atoms. The first kappa shape index (κ1) is 20.0. The van der Waals surface area contributed by atoms with Gasteiger partial charge in [-0.15, -0.1) is 0 Å². The van der Waals surface area contributed by atoms with Crippen molar-refractivity contribution in [1.29, 1.82) is 0 Å². The van der Waals surface area contributed by atoms with Crippen LogP contribution in [0.3, 0.4) is 0 Å². The van der Waals surface area contributed by atoms with Crippen LogP contribution in [0.1, 0.15) is 16.7 Å². The van der Waals surface area contributed by atoms with E-state index in [4.69, 9.17) is 0 Å². The maximum atomic E-state index is 11.3. The monoisotopic (exact) mass is 504 g/mol. The summed E-state index contributed by atoms with van der Waals surface area (Å²) in [5.74, 6) is -0.398. The molecule has 0 saturated heterocycles. The van der Waals surface area contributed by atoms with E-state index in [2.05, 4.69) is 36.9 Å². The van der Waals surface area contributed by atoms with E-state index in [-0.39, 0.29) is 17.0 Å². The lowest BCUT2D eigenvalue weighted by Crippen LogP contribution is -1.97. The van der Waals surface area contributed by atoms with Crippen LogP contribution >= 0.6 is 31.9 Å². The van der Waals surface area contributed by atoms with Crippen molar-refractivity contribution >= 4 is 49.4 Å². The third-order valence-corrected chi connectivity index (χ3v) is 5.19. The predicted molar refractivity (Wildman–Crippen MR) is 115 cm³/mol. The molecule has 0 aliphatic heterocycles.